The lowest BCUT2D eigenvalue weighted by atomic mass is 10.0. The van der Waals surface area contributed by atoms with Crippen LogP contribution >= 0.6 is 11.3 Å². The van der Waals surface area contributed by atoms with Crippen molar-refractivity contribution in [3.8, 4) is 0 Å². The highest BCUT2D eigenvalue weighted by molar-refractivity contribution is 7.13. The zero-order chi connectivity index (χ0) is 14.7. The van der Waals surface area contributed by atoms with Gasteiger partial charge in [0.2, 0.25) is 0 Å². The first-order valence-electron chi connectivity index (χ1n) is 7.98. The molecule has 2 fully saturated rings. The average Bonchev–Trinajstić information content (AvgIpc) is 3.03. The van der Waals surface area contributed by atoms with Crippen LogP contribution in [0.2, 0.25) is 0 Å². The number of hydrogen-bond acceptors (Lipinski definition) is 6. The first-order chi connectivity index (χ1) is 10.1. The molecule has 1 N–H and O–H groups in total. The Kier molecular flexibility index (Phi) is 4.78. The lowest BCUT2D eigenvalue weighted by Gasteiger charge is -2.45. The third-order valence-electron chi connectivity index (χ3n) is 4.65. The van der Waals surface area contributed by atoms with Gasteiger partial charge in [-0.3, -0.25) is 9.80 Å². The molecule has 118 valence electrons. The van der Waals surface area contributed by atoms with Gasteiger partial charge in [-0.1, -0.05) is 0 Å². The molecule has 5 nitrogen and oxygen atoms in total. The molecule has 1 aromatic rings. The Balaban J connectivity index is 1.50. The number of nitrogens with one attached hydrogen (secondary N) is 1. The van der Waals surface area contributed by atoms with Gasteiger partial charge in [-0.15, -0.1) is 11.3 Å². The Hall–Kier alpha value is -0.690. The van der Waals surface area contributed by atoms with Gasteiger partial charge in [0.15, 0.2) is 5.13 Å². The molecule has 0 spiro atoms. The normalized spacial score (nSPS) is 22.7. The molecule has 0 unspecified atom stereocenters. The minimum Gasteiger partial charge on any atom is -0.346 e. The standard InChI is InChI=1S/C15H27N5S/c1-15(2,20-6-3-16-4-7-20)13-18-8-10-19(11-9-18)14-17-5-12-21-14/h5,12,16H,3-4,6-11,13H2,1-2H3. The number of nitrogens with zero attached hydrogens (tertiary/aromatic N) is 4. The second-order valence-electron chi connectivity index (χ2n) is 6.63. The van der Waals surface area contributed by atoms with Crippen molar-refractivity contribution in [2.75, 3.05) is 63.8 Å². The third-order valence-corrected chi connectivity index (χ3v) is 5.48. The SMILES string of the molecule is CC(C)(CN1CCN(c2nccs2)CC1)N1CCNCC1. The van der Waals surface area contributed by atoms with Crippen LogP contribution in [0.5, 0.6) is 0 Å². The Morgan fingerprint density at radius 1 is 1.14 bits per heavy atom. The van der Waals surface area contributed by atoms with E-state index in [9.17, 15) is 0 Å². The van der Waals surface area contributed by atoms with Crippen molar-refractivity contribution in [3.63, 3.8) is 0 Å². The van der Waals surface area contributed by atoms with Crippen molar-refractivity contribution < 1.29 is 0 Å². The van der Waals surface area contributed by atoms with Gasteiger partial charge in [0, 0.05) is 76.0 Å². The molecule has 21 heavy (non-hydrogen) atoms. The molecule has 0 radical (unpaired) electrons. The number of thiazole rings is 1. The van der Waals surface area contributed by atoms with Crippen LogP contribution in [-0.4, -0.2) is 79.2 Å². The van der Waals surface area contributed by atoms with E-state index in [1.807, 2.05) is 6.20 Å². The first kappa shape index (κ1) is 15.2. The molecule has 0 atom stereocenters. The molecule has 1 aromatic heterocycles. The van der Waals surface area contributed by atoms with Gasteiger partial charge < -0.3 is 10.2 Å². The maximum absolute atomic E-state index is 4.42. The van der Waals surface area contributed by atoms with Crippen molar-refractivity contribution in [1.29, 1.82) is 0 Å². The maximum Gasteiger partial charge on any atom is 0.185 e. The van der Waals surface area contributed by atoms with E-state index in [0.29, 0.717) is 0 Å². The van der Waals surface area contributed by atoms with Crippen molar-refractivity contribution in [2.24, 2.45) is 0 Å². The van der Waals surface area contributed by atoms with Crippen molar-refractivity contribution in [3.05, 3.63) is 11.6 Å². The molecule has 3 rings (SSSR count). The molecule has 0 aliphatic carbocycles. The highest BCUT2D eigenvalue weighted by Crippen LogP contribution is 2.21. The quantitative estimate of drug-likeness (QED) is 0.896. The number of piperazine rings is 2. The van der Waals surface area contributed by atoms with E-state index >= 15 is 0 Å². The predicted octanol–water partition coefficient (Wildman–Crippen LogP) is 0.949. The molecule has 2 saturated heterocycles. The second-order valence-corrected chi connectivity index (χ2v) is 7.50. The van der Waals surface area contributed by atoms with Gasteiger partial charge >= 0.3 is 0 Å². The molecule has 2 aliphatic heterocycles. The Bertz CT molecular complexity index is 419. The van der Waals surface area contributed by atoms with Gasteiger partial charge in [-0.25, -0.2) is 4.98 Å². The largest absolute Gasteiger partial charge is 0.346 e. The summed E-state index contributed by atoms with van der Waals surface area (Å²) in [6.45, 7) is 15.1. The third kappa shape index (κ3) is 3.74. The topological polar surface area (TPSA) is 34.6 Å². The van der Waals surface area contributed by atoms with E-state index in [1.54, 1.807) is 11.3 Å². The van der Waals surface area contributed by atoms with Crippen LogP contribution in [0.1, 0.15) is 13.8 Å². The minimum atomic E-state index is 0.269. The van der Waals surface area contributed by atoms with Crippen LogP contribution in [0.25, 0.3) is 0 Å². The molecule has 0 aromatic carbocycles. The summed E-state index contributed by atoms with van der Waals surface area (Å²) in [4.78, 5) is 12.1. The summed E-state index contributed by atoms with van der Waals surface area (Å²) in [5.41, 5.74) is 0.269. The second kappa shape index (κ2) is 6.60. The molecule has 2 aliphatic rings. The summed E-state index contributed by atoms with van der Waals surface area (Å²) in [5, 5.41) is 6.69. The van der Waals surface area contributed by atoms with Crippen LogP contribution in [0.3, 0.4) is 0 Å². The summed E-state index contributed by atoms with van der Waals surface area (Å²) >= 11 is 1.75. The molecule has 0 bridgehead atoms. The van der Waals surface area contributed by atoms with Crippen LogP contribution in [0.4, 0.5) is 5.13 Å². The van der Waals surface area contributed by atoms with Crippen LogP contribution in [0, 0.1) is 0 Å². The zero-order valence-corrected chi connectivity index (χ0v) is 14.0. The highest BCUT2D eigenvalue weighted by atomic mass is 32.1. The summed E-state index contributed by atoms with van der Waals surface area (Å²) in [6.07, 6.45) is 1.90. The van der Waals surface area contributed by atoms with Gasteiger partial charge in [0.05, 0.1) is 0 Å². The van der Waals surface area contributed by atoms with Crippen molar-refractivity contribution in [2.45, 2.75) is 19.4 Å². The minimum absolute atomic E-state index is 0.269. The number of rotatable bonds is 4. The predicted molar refractivity (Wildman–Crippen MR) is 89.3 cm³/mol. The lowest BCUT2D eigenvalue weighted by Crippen LogP contribution is -2.59. The molecule has 3 heterocycles. The molecule has 6 heteroatoms. The number of hydrogen-bond donors (Lipinski definition) is 1. The van der Waals surface area contributed by atoms with E-state index in [4.69, 9.17) is 0 Å². The van der Waals surface area contributed by atoms with Gasteiger partial charge in [0.1, 0.15) is 0 Å². The van der Waals surface area contributed by atoms with Gasteiger partial charge in [-0.05, 0) is 13.8 Å². The van der Waals surface area contributed by atoms with E-state index in [0.717, 1.165) is 39.3 Å². The zero-order valence-electron chi connectivity index (χ0n) is 13.2. The summed E-state index contributed by atoms with van der Waals surface area (Å²) in [7, 11) is 0. The van der Waals surface area contributed by atoms with Gasteiger partial charge in [0.25, 0.3) is 0 Å². The Morgan fingerprint density at radius 3 is 2.48 bits per heavy atom. The van der Waals surface area contributed by atoms with Crippen LogP contribution < -0.4 is 10.2 Å². The molecular weight excluding hydrogens is 282 g/mol. The maximum atomic E-state index is 4.42. The van der Waals surface area contributed by atoms with Crippen molar-refractivity contribution in [1.82, 2.24) is 20.1 Å². The molecule has 0 saturated carbocycles. The summed E-state index contributed by atoms with van der Waals surface area (Å²) in [6, 6.07) is 0. The fourth-order valence-corrected chi connectivity index (χ4v) is 4.08. The fourth-order valence-electron chi connectivity index (χ4n) is 3.39. The lowest BCUT2D eigenvalue weighted by molar-refractivity contribution is 0.0612. The van der Waals surface area contributed by atoms with E-state index in [-0.39, 0.29) is 5.54 Å². The molecule has 0 amide bonds. The Morgan fingerprint density at radius 2 is 1.86 bits per heavy atom. The summed E-state index contributed by atoms with van der Waals surface area (Å²) < 4.78 is 0. The fraction of sp³-hybridized carbons (Fsp3) is 0.800. The number of anilines is 1. The smallest absolute Gasteiger partial charge is 0.185 e. The Labute approximate surface area is 131 Å². The van der Waals surface area contributed by atoms with Crippen LogP contribution in [0.15, 0.2) is 11.6 Å². The van der Waals surface area contributed by atoms with E-state index in [2.05, 4.69) is 44.2 Å². The van der Waals surface area contributed by atoms with E-state index < -0.39 is 0 Å². The number of aromatic nitrogens is 1. The van der Waals surface area contributed by atoms with Crippen LogP contribution in [-0.2, 0) is 0 Å². The van der Waals surface area contributed by atoms with Crippen molar-refractivity contribution >= 4 is 16.5 Å². The summed E-state index contributed by atoms with van der Waals surface area (Å²) in [5.74, 6) is 0. The molecular formula is C15H27N5S. The van der Waals surface area contributed by atoms with Gasteiger partial charge in [-0.2, -0.15) is 0 Å². The highest BCUT2D eigenvalue weighted by Gasteiger charge is 2.31. The van der Waals surface area contributed by atoms with E-state index in [1.165, 1.54) is 24.8 Å². The first-order valence-corrected chi connectivity index (χ1v) is 8.86. The monoisotopic (exact) mass is 309 g/mol. The average molecular weight is 309 g/mol.